The first-order valence-electron chi connectivity index (χ1n) is 13.3. The Labute approximate surface area is 247 Å². The number of nitrogens with two attached hydrogens (primary N) is 2. The van der Waals surface area contributed by atoms with Gasteiger partial charge in [-0.1, -0.05) is 6.07 Å². The van der Waals surface area contributed by atoms with E-state index in [2.05, 4.69) is 10.3 Å². The van der Waals surface area contributed by atoms with Gasteiger partial charge in [-0.05, 0) is 79.2 Å². The maximum Gasteiger partial charge on any atom is 0.252 e. The number of benzene rings is 4. The standard InChI is InChI=1S/C32H28N6O4S/c1-18-13-24(15-25-29(18)35-17-26(31(34)39)30(25)36-21-5-4-6-22(14-21)42-3)43(40,41)23-11-12-27-28(16-23)38(2)32(37-27)19-7-9-20(33)10-8-19/h4-17H,33H2,1-3H3,(H2,34,39)(H,35,36). The summed E-state index contributed by atoms with van der Waals surface area (Å²) in [7, 11) is -0.613. The summed E-state index contributed by atoms with van der Waals surface area (Å²) >= 11 is 0. The van der Waals surface area contributed by atoms with Gasteiger partial charge in [0.05, 0.1) is 44.7 Å². The number of pyridine rings is 1. The van der Waals surface area contributed by atoms with Crippen molar-refractivity contribution in [1.29, 1.82) is 0 Å². The van der Waals surface area contributed by atoms with Crippen LogP contribution in [0.15, 0.2) is 94.9 Å². The van der Waals surface area contributed by atoms with Crippen LogP contribution in [0.5, 0.6) is 5.75 Å². The van der Waals surface area contributed by atoms with Gasteiger partial charge < -0.3 is 26.1 Å². The van der Waals surface area contributed by atoms with Crippen molar-refractivity contribution in [3.63, 3.8) is 0 Å². The van der Waals surface area contributed by atoms with E-state index in [1.165, 1.54) is 12.3 Å². The SMILES string of the molecule is COc1cccc(Nc2c(C(N)=O)cnc3c(C)cc(S(=O)(=O)c4ccc5nc(-c6ccc(N)cc6)n(C)c5c4)cc23)c1. The number of primary amides is 1. The van der Waals surface area contributed by atoms with E-state index in [-0.39, 0.29) is 15.4 Å². The van der Waals surface area contributed by atoms with Gasteiger partial charge in [0.1, 0.15) is 11.6 Å². The van der Waals surface area contributed by atoms with Crippen molar-refractivity contribution >= 4 is 54.7 Å². The van der Waals surface area contributed by atoms with Crippen molar-refractivity contribution in [1.82, 2.24) is 14.5 Å². The minimum absolute atomic E-state index is 0.0508. The van der Waals surface area contributed by atoms with Crippen LogP contribution < -0.4 is 21.5 Å². The summed E-state index contributed by atoms with van der Waals surface area (Å²) in [4.78, 5) is 21.7. The number of carbonyl (C=O) groups is 1. The smallest absolute Gasteiger partial charge is 0.252 e. The number of amides is 1. The van der Waals surface area contributed by atoms with Gasteiger partial charge in [0, 0.05) is 41.6 Å². The summed E-state index contributed by atoms with van der Waals surface area (Å²) in [5.74, 6) is 0.585. The predicted molar refractivity (Wildman–Crippen MR) is 167 cm³/mol. The molecule has 2 aromatic heterocycles. The number of nitrogen functional groups attached to an aromatic ring is 1. The molecule has 0 radical (unpaired) electrons. The number of carbonyl (C=O) groups excluding carboxylic acids is 1. The Bertz CT molecular complexity index is 2170. The summed E-state index contributed by atoms with van der Waals surface area (Å²) in [6, 6.07) is 22.4. The van der Waals surface area contributed by atoms with Crippen LogP contribution in [0.25, 0.3) is 33.3 Å². The van der Waals surface area contributed by atoms with E-state index in [1.807, 2.05) is 23.7 Å². The summed E-state index contributed by atoms with van der Waals surface area (Å²) in [6.07, 6.45) is 1.39. The molecule has 0 spiro atoms. The van der Waals surface area contributed by atoms with E-state index in [0.29, 0.717) is 56.1 Å². The number of hydrogen-bond donors (Lipinski definition) is 3. The normalized spacial score (nSPS) is 11.6. The molecule has 5 N–H and O–H groups in total. The molecule has 6 rings (SSSR count). The topological polar surface area (TPSA) is 155 Å². The zero-order valence-corrected chi connectivity index (χ0v) is 24.4. The van der Waals surface area contributed by atoms with Gasteiger partial charge in [-0.3, -0.25) is 9.78 Å². The highest BCUT2D eigenvalue weighted by Crippen LogP contribution is 2.35. The molecular weight excluding hydrogens is 564 g/mol. The molecule has 11 heteroatoms. The van der Waals surface area contributed by atoms with E-state index in [4.69, 9.17) is 21.2 Å². The molecule has 4 aromatic carbocycles. The highest BCUT2D eigenvalue weighted by Gasteiger charge is 2.24. The number of fused-ring (bicyclic) bond motifs is 2. The summed E-state index contributed by atoms with van der Waals surface area (Å²) < 4.78 is 35.3. The quantitative estimate of drug-likeness (QED) is 0.209. The van der Waals surface area contributed by atoms with E-state index in [0.717, 1.165) is 5.56 Å². The Morgan fingerprint density at radius 3 is 2.47 bits per heavy atom. The highest BCUT2D eigenvalue weighted by atomic mass is 32.2. The maximum atomic E-state index is 14.1. The van der Waals surface area contributed by atoms with Gasteiger partial charge in [0.2, 0.25) is 9.84 Å². The summed E-state index contributed by atoms with van der Waals surface area (Å²) in [5.41, 5.74) is 16.6. The molecule has 10 nitrogen and oxygen atoms in total. The Morgan fingerprint density at radius 2 is 1.74 bits per heavy atom. The van der Waals surface area contributed by atoms with Crippen LogP contribution in [0.2, 0.25) is 0 Å². The average molecular weight is 593 g/mol. The number of ether oxygens (including phenoxy) is 1. The van der Waals surface area contributed by atoms with Gasteiger partial charge in [0.15, 0.2) is 0 Å². The third-order valence-electron chi connectivity index (χ3n) is 7.38. The molecule has 0 aliphatic heterocycles. The first-order chi connectivity index (χ1) is 20.6. The number of imidazole rings is 1. The number of nitrogens with one attached hydrogen (secondary N) is 1. The molecule has 1 amide bonds. The second kappa shape index (κ2) is 10.4. The van der Waals surface area contributed by atoms with Crippen LogP contribution in [0.1, 0.15) is 15.9 Å². The van der Waals surface area contributed by atoms with Gasteiger partial charge in [-0.2, -0.15) is 0 Å². The van der Waals surface area contributed by atoms with Crippen molar-refractivity contribution in [2.75, 3.05) is 18.2 Å². The fourth-order valence-corrected chi connectivity index (χ4v) is 6.52. The maximum absolute atomic E-state index is 14.1. The van der Waals surface area contributed by atoms with Crippen LogP contribution in [0.3, 0.4) is 0 Å². The molecule has 2 heterocycles. The number of methoxy groups -OCH3 is 1. The third-order valence-corrected chi connectivity index (χ3v) is 9.11. The summed E-state index contributed by atoms with van der Waals surface area (Å²) in [5, 5.41) is 3.67. The highest BCUT2D eigenvalue weighted by molar-refractivity contribution is 7.91. The fourth-order valence-electron chi connectivity index (χ4n) is 5.13. The number of anilines is 3. The largest absolute Gasteiger partial charge is 0.497 e. The molecule has 43 heavy (non-hydrogen) atoms. The Kier molecular flexibility index (Phi) is 6.74. The zero-order chi connectivity index (χ0) is 30.5. The zero-order valence-electron chi connectivity index (χ0n) is 23.6. The first kappa shape index (κ1) is 27.7. The van der Waals surface area contributed by atoms with Gasteiger partial charge in [-0.15, -0.1) is 0 Å². The van der Waals surface area contributed by atoms with Crippen molar-refractivity contribution < 1.29 is 17.9 Å². The molecule has 6 aromatic rings. The van der Waals surface area contributed by atoms with Crippen LogP contribution >= 0.6 is 0 Å². The molecule has 0 saturated heterocycles. The minimum Gasteiger partial charge on any atom is -0.497 e. The van der Waals surface area contributed by atoms with Crippen LogP contribution in [0.4, 0.5) is 17.1 Å². The lowest BCUT2D eigenvalue weighted by Crippen LogP contribution is -2.14. The van der Waals surface area contributed by atoms with Crippen molar-refractivity contribution in [2.45, 2.75) is 16.7 Å². The summed E-state index contributed by atoms with van der Waals surface area (Å²) in [6.45, 7) is 1.77. The molecule has 0 aliphatic carbocycles. The van der Waals surface area contributed by atoms with Crippen LogP contribution in [0, 0.1) is 6.92 Å². The number of rotatable bonds is 7. The molecule has 0 fully saturated rings. The molecule has 0 atom stereocenters. The van der Waals surface area contributed by atoms with E-state index in [1.54, 1.807) is 74.7 Å². The van der Waals surface area contributed by atoms with Crippen molar-refractivity contribution in [2.24, 2.45) is 12.8 Å². The monoisotopic (exact) mass is 592 g/mol. The number of hydrogen-bond acceptors (Lipinski definition) is 8. The lowest BCUT2D eigenvalue weighted by atomic mass is 10.1. The molecule has 0 aliphatic rings. The third kappa shape index (κ3) is 4.89. The Morgan fingerprint density at radius 1 is 0.977 bits per heavy atom. The van der Waals surface area contributed by atoms with Crippen molar-refractivity contribution in [3.05, 3.63) is 96.2 Å². The van der Waals surface area contributed by atoms with Crippen LogP contribution in [-0.4, -0.2) is 36.0 Å². The second-order valence-electron chi connectivity index (χ2n) is 10.2. The van der Waals surface area contributed by atoms with E-state index in [9.17, 15) is 13.2 Å². The first-order valence-corrected chi connectivity index (χ1v) is 14.8. The van der Waals surface area contributed by atoms with Crippen LogP contribution in [-0.2, 0) is 16.9 Å². The van der Waals surface area contributed by atoms with Gasteiger partial charge in [-0.25, -0.2) is 13.4 Å². The van der Waals surface area contributed by atoms with E-state index < -0.39 is 15.7 Å². The molecule has 0 unspecified atom stereocenters. The number of aromatic nitrogens is 3. The van der Waals surface area contributed by atoms with E-state index >= 15 is 0 Å². The minimum atomic E-state index is -4.00. The average Bonchev–Trinajstić information content (AvgIpc) is 3.33. The molecule has 216 valence electrons. The number of sulfone groups is 1. The Balaban J connectivity index is 1.49. The fraction of sp³-hybridized carbons (Fsp3) is 0.0938. The lowest BCUT2D eigenvalue weighted by Gasteiger charge is -2.16. The molecular formula is C32H28N6O4S. The number of nitrogens with zero attached hydrogens (tertiary/aromatic N) is 3. The number of aryl methyl sites for hydroxylation is 2. The second-order valence-corrected chi connectivity index (χ2v) is 12.1. The van der Waals surface area contributed by atoms with Gasteiger partial charge >= 0.3 is 0 Å². The molecule has 0 bridgehead atoms. The molecule has 0 saturated carbocycles. The van der Waals surface area contributed by atoms with Gasteiger partial charge in [0.25, 0.3) is 5.91 Å². The lowest BCUT2D eigenvalue weighted by molar-refractivity contribution is 0.100. The Hall–Kier alpha value is -5.42. The predicted octanol–water partition coefficient (Wildman–Crippen LogP) is 5.36. The van der Waals surface area contributed by atoms with Crippen molar-refractivity contribution in [3.8, 4) is 17.1 Å².